The van der Waals surface area contributed by atoms with E-state index >= 15 is 0 Å². The molecule has 1 N–H and O–H groups in total. The smallest absolute Gasteiger partial charge is 0.251 e. The Morgan fingerprint density at radius 2 is 1.94 bits per heavy atom. The summed E-state index contributed by atoms with van der Waals surface area (Å²) in [5.74, 6) is 1.59. The molecular formula is C32H37N3O. The molecule has 2 bridgehead atoms. The third-order valence-electron chi connectivity index (χ3n) is 9.22. The van der Waals surface area contributed by atoms with E-state index in [0.29, 0.717) is 18.5 Å². The van der Waals surface area contributed by atoms with E-state index in [0.717, 1.165) is 35.4 Å². The van der Waals surface area contributed by atoms with Crippen molar-refractivity contribution in [3.63, 3.8) is 0 Å². The number of nitrogens with zero attached hydrogens (tertiary/aromatic N) is 2. The van der Waals surface area contributed by atoms with Gasteiger partial charge in [0.25, 0.3) is 5.91 Å². The van der Waals surface area contributed by atoms with Crippen molar-refractivity contribution < 1.29 is 4.79 Å². The standard InChI is InChI=1S/C32H37N3O/c1-22-30-19-26-11-12-27(18-29(26)32(22,2)14-17-35(30)21-24-5-6-24)31(36)34-16-13-23-7-9-25(10-8-23)28-4-3-15-33-20-28/h3-4,7-12,15,18,20,22,24,30H,5-6,13-14,16-17,19,21H2,1-2H3,(H,34,36). The largest absolute Gasteiger partial charge is 0.352 e. The van der Waals surface area contributed by atoms with E-state index in [1.165, 1.54) is 49.0 Å². The van der Waals surface area contributed by atoms with Crippen LogP contribution in [0.4, 0.5) is 0 Å². The summed E-state index contributed by atoms with van der Waals surface area (Å²) in [6, 6.07) is 19.7. The molecule has 186 valence electrons. The number of carbonyl (C=O) groups excluding carboxylic acids is 1. The molecule has 1 saturated heterocycles. The minimum Gasteiger partial charge on any atom is -0.352 e. The van der Waals surface area contributed by atoms with Gasteiger partial charge in [-0.05, 0) is 102 Å². The van der Waals surface area contributed by atoms with Gasteiger partial charge in [-0.15, -0.1) is 0 Å². The van der Waals surface area contributed by atoms with Crippen LogP contribution in [-0.4, -0.2) is 41.5 Å². The Kier molecular flexibility index (Phi) is 6.17. The maximum absolute atomic E-state index is 13.1. The number of piperidine rings is 1. The van der Waals surface area contributed by atoms with Gasteiger partial charge in [-0.25, -0.2) is 0 Å². The van der Waals surface area contributed by atoms with Crippen molar-refractivity contribution in [3.05, 3.63) is 89.2 Å². The number of rotatable bonds is 7. The van der Waals surface area contributed by atoms with Crippen LogP contribution >= 0.6 is 0 Å². The molecule has 3 aliphatic rings. The fourth-order valence-corrected chi connectivity index (χ4v) is 6.53. The van der Waals surface area contributed by atoms with Gasteiger partial charge in [-0.2, -0.15) is 0 Å². The molecule has 1 saturated carbocycles. The Balaban J connectivity index is 1.10. The van der Waals surface area contributed by atoms with Crippen molar-refractivity contribution in [1.82, 2.24) is 15.2 Å². The van der Waals surface area contributed by atoms with Gasteiger partial charge in [-0.3, -0.25) is 14.7 Å². The van der Waals surface area contributed by atoms with Crippen LogP contribution in [0.2, 0.25) is 0 Å². The van der Waals surface area contributed by atoms with Crippen LogP contribution in [0, 0.1) is 11.8 Å². The molecule has 3 atom stereocenters. The number of pyridine rings is 1. The molecule has 3 unspecified atom stereocenters. The number of nitrogens with one attached hydrogen (secondary N) is 1. The summed E-state index contributed by atoms with van der Waals surface area (Å²) in [5.41, 5.74) is 7.32. The zero-order chi connectivity index (χ0) is 24.7. The van der Waals surface area contributed by atoms with Gasteiger partial charge in [0.2, 0.25) is 0 Å². The minimum absolute atomic E-state index is 0.0364. The number of fused-ring (bicyclic) bond motifs is 4. The van der Waals surface area contributed by atoms with Gasteiger partial charge in [0.1, 0.15) is 0 Å². The van der Waals surface area contributed by atoms with Crippen LogP contribution in [0.15, 0.2) is 67.0 Å². The van der Waals surface area contributed by atoms with Crippen LogP contribution in [0.3, 0.4) is 0 Å². The van der Waals surface area contributed by atoms with Crippen molar-refractivity contribution in [2.24, 2.45) is 11.8 Å². The lowest BCUT2D eigenvalue weighted by Gasteiger charge is -2.55. The molecule has 2 aromatic carbocycles. The Labute approximate surface area is 215 Å². The van der Waals surface area contributed by atoms with Crippen LogP contribution in [-0.2, 0) is 18.3 Å². The number of amides is 1. The number of hydrogen-bond donors (Lipinski definition) is 1. The molecule has 3 aromatic rings. The Morgan fingerprint density at radius 1 is 1.11 bits per heavy atom. The number of likely N-dealkylation sites (tertiary alicyclic amines) is 1. The third-order valence-corrected chi connectivity index (χ3v) is 9.22. The molecule has 1 aliphatic heterocycles. The van der Waals surface area contributed by atoms with E-state index in [2.05, 4.69) is 71.5 Å². The first-order valence-corrected chi connectivity index (χ1v) is 13.7. The van der Waals surface area contributed by atoms with E-state index in [1.807, 2.05) is 18.3 Å². The molecule has 6 rings (SSSR count). The lowest BCUT2D eigenvalue weighted by molar-refractivity contribution is 0.0284. The van der Waals surface area contributed by atoms with Crippen LogP contribution in [0.5, 0.6) is 0 Å². The van der Waals surface area contributed by atoms with Crippen molar-refractivity contribution in [2.45, 2.75) is 57.4 Å². The summed E-state index contributed by atoms with van der Waals surface area (Å²) in [6.45, 7) is 7.99. The van der Waals surface area contributed by atoms with E-state index in [4.69, 9.17) is 0 Å². The van der Waals surface area contributed by atoms with Gasteiger partial charge in [0, 0.05) is 37.1 Å². The van der Waals surface area contributed by atoms with Crippen molar-refractivity contribution in [1.29, 1.82) is 0 Å². The summed E-state index contributed by atoms with van der Waals surface area (Å²) in [5, 5.41) is 3.16. The summed E-state index contributed by atoms with van der Waals surface area (Å²) in [6.07, 6.45) is 9.63. The second kappa shape index (κ2) is 9.48. The molecule has 4 nitrogen and oxygen atoms in total. The lowest BCUT2D eigenvalue weighted by Crippen LogP contribution is -2.58. The molecule has 1 amide bonds. The molecule has 0 spiro atoms. The van der Waals surface area contributed by atoms with E-state index < -0.39 is 0 Å². The zero-order valence-corrected chi connectivity index (χ0v) is 21.5. The Morgan fingerprint density at radius 3 is 2.69 bits per heavy atom. The van der Waals surface area contributed by atoms with E-state index in [1.54, 1.807) is 6.20 Å². The SMILES string of the molecule is CC1C2Cc3ccc(C(=O)NCCc4ccc(-c5cccnc5)cc4)cc3C1(C)CCN2CC1CC1. The lowest BCUT2D eigenvalue weighted by atomic mass is 9.59. The van der Waals surface area contributed by atoms with Crippen molar-refractivity contribution in [2.75, 3.05) is 19.6 Å². The monoisotopic (exact) mass is 479 g/mol. The normalized spacial score (nSPS) is 25.3. The van der Waals surface area contributed by atoms with E-state index in [9.17, 15) is 4.79 Å². The summed E-state index contributed by atoms with van der Waals surface area (Å²) < 4.78 is 0. The minimum atomic E-state index is 0.0364. The zero-order valence-electron chi connectivity index (χ0n) is 21.5. The molecule has 2 aliphatic carbocycles. The number of benzene rings is 2. The van der Waals surface area contributed by atoms with Crippen molar-refractivity contribution in [3.8, 4) is 11.1 Å². The summed E-state index contributed by atoms with van der Waals surface area (Å²) in [7, 11) is 0. The third kappa shape index (κ3) is 4.48. The first-order valence-electron chi connectivity index (χ1n) is 13.7. The van der Waals surface area contributed by atoms with Crippen molar-refractivity contribution >= 4 is 5.91 Å². The highest BCUT2D eigenvalue weighted by atomic mass is 16.1. The fourth-order valence-electron chi connectivity index (χ4n) is 6.53. The van der Waals surface area contributed by atoms with Crippen LogP contribution < -0.4 is 5.32 Å². The second-order valence-electron chi connectivity index (χ2n) is 11.5. The highest BCUT2D eigenvalue weighted by molar-refractivity contribution is 5.94. The van der Waals surface area contributed by atoms with Gasteiger partial charge >= 0.3 is 0 Å². The molecule has 4 heteroatoms. The molecule has 0 radical (unpaired) electrons. The van der Waals surface area contributed by atoms with Crippen LogP contribution in [0.1, 0.15) is 60.2 Å². The maximum Gasteiger partial charge on any atom is 0.251 e. The number of carbonyl (C=O) groups is 1. The van der Waals surface area contributed by atoms with Crippen LogP contribution in [0.25, 0.3) is 11.1 Å². The summed E-state index contributed by atoms with van der Waals surface area (Å²) >= 11 is 0. The molecule has 1 aromatic heterocycles. The highest BCUT2D eigenvalue weighted by Crippen LogP contribution is 2.49. The first-order chi connectivity index (χ1) is 17.5. The molecule has 2 fully saturated rings. The molecule has 36 heavy (non-hydrogen) atoms. The second-order valence-corrected chi connectivity index (χ2v) is 11.5. The predicted molar refractivity (Wildman–Crippen MR) is 145 cm³/mol. The number of aromatic nitrogens is 1. The Hall–Kier alpha value is -2.98. The fraction of sp³-hybridized carbons (Fsp3) is 0.438. The number of hydrogen-bond acceptors (Lipinski definition) is 3. The maximum atomic E-state index is 13.1. The highest BCUT2D eigenvalue weighted by Gasteiger charge is 2.49. The van der Waals surface area contributed by atoms with Gasteiger partial charge in [0.05, 0.1) is 0 Å². The van der Waals surface area contributed by atoms with E-state index in [-0.39, 0.29) is 11.3 Å². The first kappa shape index (κ1) is 23.4. The van der Waals surface area contributed by atoms with Gasteiger partial charge in [0.15, 0.2) is 0 Å². The average molecular weight is 480 g/mol. The topological polar surface area (TPSA) is 45.2 Å². The molecular weight excluding hydrogens is 442 g/mol. The van der Waals surface area contributed by atoms with Gasteiger partial charge < -0.3 is 5.32 Å². The quantitative estimate of drug-likeness (QED) is 0.476. The average Bonchev–Trinajstić information content (AvgIpc) is 3.73. The summed E-state index contributed by atoms with van der Waals surface area (Å²) in [4.78, 5) is 20.0. The molecule has 2 heterocycles. The predicted octanol–water partition coefficient (Wildman–Crippen LogP) is 5.66. The Bertz CT molecular complexity index is 1230. The van der Waals surface area contributed by atoms with Gasteiger partial charge in [-0.1, -0.05) is 50.2 Å².